The molecule has 6 nitrogen and oxygen atoms in total. The number of nitriles is 1. The highest BCUT2D eigenvalue weighted by Gasteiger charge is 2.20. The fraction of sp³-hybridized carbons (Fsp3) is 0.458. The van der Waals surface area contributed by atoms with Crippen LogP contribution >= 0.6 is 11.8 Å². The number of carbonyl (C=O) groups is 1. The van der Waals surface area contributed by atoms with E-state index < -0.39 is 0 Å². The molecule has 0 aliphatic heterocycles. The van der Waals surface area contributed by atoms with Crippen LogP contribution in [0.2, 0.25) is 0 Å². The van der Waals surface area contributed by atoms with Gasteiger partial charge in [-0.25, -0.2) is 4.98 Å². The summed E-state index contributed by atoms with van der Waals surface area (Å²) in [7, 11) is 3.21. The van der Waals surface area contributed by atoms with Crippen molar-refractivity contribution in [3.8, 4) is 17.6 Å². The molecule has 1 atom stereocenters. The van der Waals surface area contributed by atoms with Gasteiger partial charge in [-0.1, -0.05) is 38.6 Å². The molecular weight excluding hydrogens is 410 g/mol. The highest BCUT2D eigenvalue weighted by atomic mass is 32.2. The van der Waals surface area contributed by atoms with Crippen LogP contribution in [0.3, 0.4) is 0 Å². The minimum absolute atomic E-state index is 0.0482. The fourth-order valence-electron chi connectivity index (χ4n) is 3.12. The Labute approximate surface area is 189 Å². The lowest BCUT2D eigenvalue weighted by Crippen LogP contribution is -2.33. The van der Waals surface area contributed by atoms with E-state index in [1.54, 1.807) is 20.3 Å². The summed E-state index contributed by atoms with van der Waals surface area (Å²) in [5, 5.41) is 12.8. The summed E-state index contributed by atoms with van der Waals surface area (Å²) in [6.45, 7) is 6.74. The molecular formula is C24H31N3O3S. The Morgan fingerprint density at radius 2 is 1.94 bits per heavy atom. The van der Waals surface area contributed by atoms with Crippen LogP contribution in [0.15, 0.2) is 35.4 Å². The molecule has 0 radical (unpaired) electrons. The first kappa shape index (κ1) is 24.5. The van der Waals surface area contributed by atoms with Crippen molar-refractivity contribution in [2.75, 3.05) is 20.8 Å². The number of benzene rings is 1. The van der Waals surface area contributed by atoms with Crippen LogP contribution < -0.4 is 14.8 Å². The second kappa shape index (κ2) is 12.2. The van der Waals surface area contributed by atoms with E-state index in [0.29, 0.717) is 47.4 Å². The van der Waals surface area contributed by atoms with Crippen molar-refractivity contribution in [1.82, 2.24) is 10.3 Å². The molecule has 0 saturated carbocycles. The van der Waals surface area contributed by atoms with E-state index in [0.717, 1.165) is 17.7 Å². The van der Waals surface area contributed by atoms with Gasteiger partial charge in [-0.15, -0.1) is 0 Å². The summed E-state index contributed by atoms with van der Waals surface area (Å²) in [5.74, 6) is 1.77. The van der Waals surface area contributed by atoms with Crippen LogP contribution in [0, 0.1) is 17.2 Å². The molecule has 1 aromatic carbocycles. The summed E-state index contributed by atoms with van der Waals surface area (Å²) < 4.78 is 10.6. The lowest BCUT2D eigenvalue weighted by atomic mass is 10.1. The largest absolute Gasteiger partial charge is 0.493 e. The molecule has 1 N–H and O–H groups in total. The lowest BCUT2D eigenvalue weighted by molar-refractivity contribution is -0.120. The number of hydrogen-bond donors (Lipinski definition) is 1. The first-order chi connectivity index (χ1) is 14.9. The van der Waals surface area contributed by atoms with Crippen LogP contribution in [0.25, 0.3) is 0 Å². The molecule has 7 heteroatoms. The molecule has 1 aromatic heterocycles. The zero-order valence-electron chi connectivity index (χ0n) is 18.9. The number of nitrogens with zero attached hydrogens (tertiary/aromatic N) is 2. The third kappa shape index (κ3) is 7.18. The third-order valence-corrected chi connectivity index (χ3v) is 6.10. The van der Waals surface area contributed by atoms with Crippen molar-refractivity contribution in [3.05, 3.63) is 47.2 Å². The topological polar surface area (TPSA) is 84.2 Å². The van der Waals surface area contributed by atoms with Crippen molar-refractivity contribution in [2.24, 2.45) is 5.92 Å². The summed E-state index contributed by atoms with van der Waals surface area (Å²) in [6, 6.07) is 11.6. The van der Waals surface area contributed by atoms with Crippen LogP contribution in [0.4, 0.5) is 0 Å². The second-order valence-electron chi connectivity index (χ2n) is 7.61. The first-order valence-electron chi connectivity index (χ1n) is 10.5. The van der Waals surface area contributed by atoms with E-state index in [2.05, 4.69) is 30.2 Å². The minimum Gasteiger partial charge on any atom is -0.493 e. The van der Waals surface area contributed by atoms with Crippen LogP contribution in [0.1, 0.15) is 44.0 Å². The molecule has 1 amide bonds. The van der Waals surface area contributed by atoms with E-state index in [9.17, 15) is 10.1 Å². The smallest absolute Gasteiger partial charge is 0.233 e. The van der Waals surface area contributed by atoms with E-state index in [-0.39, 0.29) is 11.2 Å². The van der Waals surface area contributed by atoms with Crippen LogP contribution in [-0.2, 0) is 17.6 Å². The summed E-state index contributed by atoms with van der Waals surface area (Å²) in [4.78, 5) is 17.4. The Bertz CT molecular complexity index is 925. The van der Waals surface area contributed by atoms with Crippen LogP contribution in [-0.4, -0.2) is 36.9 Å². The molecule has 0 aliphatic carbocycles. The highest BCUT2D eigenvalue weighted by Crippen LogP contribution is 2.29. The van der Waals surface area contributed by atoms with Gasteiger partial charge < -0.3 is 14.8 Å². The highest BCUT2D eigenvalue weighted by molar-refractivity contribution is 8.00. The van der Waals surface area contributed by atoms with Crippen molar-refractivity contribution in [2.45, 2.75) is 50.3 Å². The summed E-state index contributed by atoms with van der Waals surface area (Å²) in [6.07, 6.45) is 2.17. The number of aromatic nitrogens is 1. The molecule has 2 aromatic rings. The number of nitrogens with one attached hydrogen (secondary N) is 1. The van der Waals surface area contributed by atoms with Gasteiger partial charge in [0.25, 0.3) is 0 Å². The fourth-order valence-corrected chi connectivity index (χ4v) is 4.16. The van der Waals surface area contributed by atoms with Crippen LogP contribution in [0.5, 0.6) is 11.5 Å². The van der Waals surface area contributed by atoms with Gasteiger partial charge in [0.2, 0.25) is 5.91 Å². The number of rotatable bonds is 11. The number of pyridine rings is 1. The molecule has 0 saturated heterocycles. The molecule has 0 bridgehead atoms. The standard InChI is InChI=1S/C24H31N3O3S/c1-6-22(31-24-18(15-25)8-9-19(27-24)13-16(2)3)23(28)26-12-11-17-7-10-20(29-4)21(14-17)30-5/h7-10,14,16,22H,6,11-13H2,1-5H3,(H,26,28). The predicted molar refractivity (Wildman–Crippen MR) is 124 cm³/mol. The molecule has 0 aliphatic rings. The molecule has 0 spiro atoms. The second-order valence-corrected chi connectivity index (χ2v) is 8.80. The van der Waals surface area contributed by atoms with E-state index in [1.807, 2.05) is 31.2 Å². The van der Waals surface area contributed by atoms with E-state index in [4.69, 9.17) is 9.47 Å². The maximum absolute atomic E-state index is 12.8. The van der Waals surface area contributed by atoms with Gasteiger partial charge in [0, 0.05) is 12.2 Å². The third-order valence-electron chi connectivity index (χ3n) is 4.73. The van der Waals surface area contributed by atoms with E-state index >= 15 is 0 Å². The maximum atomic E-state index is 12.8. The monoisotopic (exact) mass is 441 g/mol. The number of hydrogen-bond acceptors (Lipinski definition) is 6. The maximum Gasteiger partial charge on any atom is 0.233 e. The minimum atomic E-state index is -0.306. The van der Waals surface area contributed by atoms with Gasteiger partial charge in [-0.05, 0) is 55.0 Å². The normalized spacial score (nSPS) is 11.6. The molecule has 1 heterocycles. The number of carbonyl (C=O) groups excluding carboxylic acids is 1. The number of methoxy groups -OCH3 is 2. The predicted octanol–water partition coefficient (Wildman–Crippen LogP) is 4.40. The Morgan fingerprint density at radius 3 is 2.55 bits per heavy atom. The molecule has 1 unspecified atom stereocenters. The van der Waals surface area contributed by atoms with Gasteiger partial charge >= 0.3 is 0 Å². The Hall–Kier alpha value is -2.72. The quantitative estimate of drug-likeness (QED) is 0.520. The molecule has 2 rings (SSSR count). The first-order valence-corrected chi connectivity index (χ1v) is 11.3. The number of thioether (sulfide) groups is 1. The van der Waals surface area contributed by atoms with Gasteiger partial charge in [0.05, 0.1) is 25.0 Å². The zero-order chi connectivity index (χ0) is 22.8. The van der Waals surface area contributed by atoms with Gasteiger partial charge in [0.15, 0.2) is 11.5 Å². The van der Waals surface area contributed by atoms with Crippen molar-refractivity contribution < 1.29 is 14.3 Å². The SMILES string of the molecule is CCC(Sc1nc(CC(C)C)ccc1C#N)C(=O)NCCc1ccc(OC)c(OC)c1. The van der Waals surface area contributed by atoms with Gasteiger partial charge in [0.1, 0.15) is 11.1 Å². The molecule has 0 fully saturated rings. The average molecular weight is 442 g/mol. The van der Waals surface area contributed by atoms with E-state index in [1.165, 1.54) is 11.8 Å². The Kier molecular flexibility index (Phi) is 9.67. The number of ether oxygens (including phenoxy) is 2. The average Bonchev–Trinajstić information content (AvgIpc) is 2.76. The Balaban J connectivity index is 2.00. The lowest BCUT2D eigenvalue weighted by Gasteiger charge is -2.16. The van der Waals surface area contributed by atoms with Crippen molar-refractivity contribution in [3.63, 3.8) is 0 Å². The molecule has 31 heavy (non-hydrogen) atoms. The molecule has 166 valence electrons. The van der Waals surface area contributed by atoms with Crippen molar-refractivity contribution in [1.29, 1.82) is 5.26 Å². The zero-order valence-corrected chi connectivity index (χ0v) is 19.7. The summed E-state index contributed by atoms with van der Waals surface area (Å²) >= 11 is 1.36. The van der Waals surface area contributed by atoms with Gasteiger partial charge in [-0.2, -0.15) is 5.26 Å². The number of amides is 1. The van der Waals surface area contributed by atoms with Crippen molar-refractivity contribution >= 4 is 17.7 Å². The van der Waals surface area contributed by atoms with Gasteiger partial charge in [-0.3, -0.25) is 4.79 Å². The Morgan fingerprint density at radius 1 is 1.19 bits per heavy atom. The summed E-state index contributed by atoms with van der Waals surface area (Å²) in [5.41, 5.74) is 2.50.